The summed E-state index contributed by atoms with van der Waals surface area (Å²) in [6, 6.07) is 6.79. The average Bonchev–Trinajstić information content (AvgIpc) is 2.44. The van der Waals surface area contributed by atoms with Crippen molar-refractivity contribution < 1.29 is 14.3 Å². The van der Waals surface area contributed by atoms with E-state index in [4.69, 9.17) is 5.73 Å². The van der Waals surface area contributed by atoms with Crippen molar-refractivity contribution in [1.82, 2.24) is 0 Å². The van der Waals surface area contributed by atoms with Gasteiger partial charge in [-0.3, -0.25) is 9.59 Å². The number of hydrogen-bond acceptors (Lipinski definition) is 4. The largest absolute Gasteiger partial charge is 0.469 e. The number of halogens is 1. The lowest BCUT2D eigenvalue weighted by Gasteiger charge is -2.25. The molecule has 0 aliphatic carbocycles. The van der Waals surface area contributed by atoms with Gasteiger partial charge < -0.3 is 15.8 Å². The molecule has 0 heterocycles. The molecule has 0 saturated carbocycles. The summed E-state index contributed by atoms with van der Waals surface area (Å²) in [6.07, 6.45) is 0.958. The van der Waals surface area contributed by atoms with Crippen molar-refractivity contribution in [3.05, 3.63) is 29.8 Å². The highest BCUT2D eigenvalue weighted by molar-refractivity contribution is 5.95. The zero-order valence-corrected chi connectivity index (χ0v) is 14.3. The maximum Gasteiger partial charge on any atom is 0.305 e. The van der Waals surface area contributed by atoms with Crippen molar-refractivity contribution in [1.29, 1.82) is 0 Å². The third-order valence-electron chi connectivity index (χ3n) is 3.28. The van der Waals surface area contributed by atoms with E-state index in [0.29, 0.717) is 18.5 Å². The molecule has 0 spiro atoms. The zero-order valence-electron chi connectivity index (χ0n) is 13.5. The van der Waals surface area contributed by atoms with E-state index in [2.05, 4.69) is 10.1 Å². The highest BCUT2D eigenvalue weighted by atomic mass is 35.5. The first kappa shape index (κ1) is 20.4. The Labute approximate surface area is 138 Å². The second kappa shape index (κ2) is 8.76. The summed E-state index contributed by atoms with van der Waals surface area (Å²) in [5.74, 6) is -0.437. The summed E-state index contributed by atoms with van der Waals surface area (Å²) in [7, 11) is 1.37. The number of nitrogens with two attached hydrogens (primary N) is 1. The molecule has 0 aliphatic rings. The average molecular weight is 329 g/mol. The molecular formula is C16H25ClN2O3. The fourth-order valence-electron chi connectivity index (χ4n) is 1.72. The summed E-state index contributed by atoms with van der Waals surface area (Å²) in [6.45, 7) is 5.77. The van der Waals surface area contributed by atoms with Crippen LogP contribution in [0, 0.1) is 5.41 Å². The van der Waals surface area contributed by atoms with Crippen LogP contribution in [-0.2, 0) is 20.7 Å². The number of aryl methyl sites for hydroxylation is 1. The van der Waals surface area contributed by atoms with E-state index in [0.717, 1.165) is 5.56 Å². The van der Waals surface area contributed by atoms with Crippen molar-refractivity contribution in [2.24, 2.45) is 11.1 Å². The highest BCUT2D eigenvalue weighted by Gasteiger charge is 2.27. The van der Waals surface area contributed by atoms with Crippen LogP contribution in [0.4, 0.5) is 5.69 Å². The monoisotopic (exact) mass is 328 g/mol. The van der Waals surface area contributed by atoms with Gasteiger partial charge in [0.25, 0.3) is 0 Å². The second-order valence-electron chi connectivity index (χ2n) is 6.11. The van der Waals surface area contributed by atoms with Crippen LogP contribution in [0.25, 0.3) is 0 Å². The standard InChI is InChI=1S/C16H24N2O3.ClH/c1-16(2,3)14(17)15(20)18-12-8-5-11(6-9-12)7-10-13(19)21-4;/h5-6,8-9,14H,7,10,17H2,1-4H3,(H,18,20);1H/t14-;/m1./s1. The van der Waals surface area contributed by atoms with Crippen LogP contribution < -0.4 is 11.1 Å². The van der Waals surface area contributed by atoms with Crippen molar-refractivity contribution >= 4 is 30.0 Å². The third-order valence-corrected chi connectivity index (χ3v) is 3.28. The van der Waals surface area contributed by atoms with Gasteiger partial charge in [-0.15, -0.1) is 12.4 Å². The summed E-state index contributed by atoms with van der Waals surface area (Å²) >= 11 is 0. The summed E-state index contributed by atoms with van der Waals surface area (Å²) in [4.78, 5) is 23.1. The maximum absolute atomic E-state index is 12.0. The van der Waals surface area contributed by atoms with Gasteiger partial charge in [-0.2, -0.15) is 0 Å². The van der Waals surface area contributed by atoms with Gasteiger partial charge in [0.1, 0.15) is 0 Å². The number of rotatable bonds is 5. The second-order valence-corrected chi connectivity index (χ2v) is 6.11. The van der Waals surface area contributed by atoms with Crippen molar-refractivity contribution in [2.75, 3.05) is 12.4 Å². The Morgan fingerprint density at radius 3 is 2.23 bits per heavy atom. The fourth-order valence-corrected chi connectivity index (χ4v) is 1.72. The molecule has 0 unspecified atom stereocenters. The molecule has 22 heavy (non-hydrogen) atoms. The van der Waals surface area contributed by atoms with Gasteiger partial charge in [0.15, 0.2) is 0 Å². The van der Waals surface area contributed by atoms with E-state index >= 15 is 0 Å². The lowest BCUT2D eigenvalue weighted by Crippen LogP contribution is -2.45. The lowest BCUT2D eigenvalue weighted by molar-refractivity contribution is -0.140. The van der Waals surface area contributed by atoms with Crippen LogP contribution >= 0.6 is 12.4 Å². The number of nitrogens with one attached hydrogen (secondary N) is 1. The zero-order chi connectivity index (χ0) is 16.0. The third kappa shape index (κ3) is 6.45. The van der Waals surface area contributed by atoms with E-state index < -0.39 is 6.04 Å². The van der Waals surface area contributed by atoms with Crippen LogP contribution in [-0.4, -0.2) is 25.0 Å². The first-order chi connectivity index (χ1) is 9.74. The van der Waals surface area contributed by atoms with Crippen LogP contribution in [0.15, 0.2) is 24.3 Å². The number of amides is 1. The molecule has 0 aliphatic heterocycles. The number of carbonyl (C=O) groups is 2. The molecular weight excluding hydrogens is 304 g/mol. The quantitative estimate of drug-likeness (QED) is 0.814. The molecule has 124 valence electrons. The Kier molecular flexibility index (Phi) is 8.12. The molecule has 0 bridgehead atoms. The van der Waals surface area contributed by atoms with Crippen molar-refractivity contribution in [2.45, 2.75) is 39.7 Å². The van der Waals surface area contributed by atoms with Crippen LogP contribution in [0.1, 0.15) is 32.8 Å². The van der Waals surface area contributed by atoms with Crippen molar-refractivity contribution in [3.8, 4) is 0 Å². The minimum atomic E-state index is -0.573. The van der Waals surface area contributed by atoms with E-state index in [9.17, 15) is 9.59 Å². The first-order valence-corrected chi connectivity index (χ1v) is 6.96. The lowest BCUT2D eigenvalue weighted by atomic mass is 9.87. The van der Waals surface area contributed by atoms with Crippen LogP contribution in [0.2, 0.25) is 0 Å². The van der Waals surface area contributed by atoms with Gasteiger partial charge in [-0.05, 0) is 29.5 Å². The Morgan fingerprint density at radius 2 is 1.77 bits per heavy atom. The minimum Gasteiger partial charge on any atom is -0.469 e. The number of carbonyl (C=O) groups excluding carboxylic acids is 2. The van der Waals surface area contributed by atoms with Crippen molar-refractivity contribution in [3.63, 3.8) is 0 Å². The SMILES string of the molecule is COC(=O)CCc1ccc(NC(=O)[C@@H](N)C(C)(C)C)cc1.Cl. The van der Waals surface area contributed by atoms with Crippen LogP contribution in [0.5, 0.6) is 0 Å². The number of anilines is 1. The van der Waals surface area contributed by atoms with E-state index in [1.165, 1.54) is 7.11 Å². The topological polar surface area (TPSA) is 81.4 Å². The molecule has 1 rings (SSSR count). The maximum atomic E-state index is 12.0. The Bertz CT molecular complexity index is 495. The van der Waals surface area contributed by atoms with E-state index in [1.54, 1.807) is 12.1 Å². The molecule has 5 nitrogen and oxygen atoms in total. The Morgan fingerprint density at radius 1 is 1.23 bits per heavy atom. The van der Waals surface area contributed by atoms with Gasteiger partial charge in [-0.25, -0.2) is 0 Å². The van der Waals surface area contributed by atoms with Gasteiger partial charge in [-0.1, -0.05) is 32.9 Å². The van der Waals surface area contributed by atoms with E-state index in [1.807, 2.05) is 32.9 Å². The van der Waals surface area contributed by atoms with E-state index in [-0.39, 0.29) is 29.7 Å². The Balaban J connectivity index is 0.00000441. The van der Waals surface area contributed by atoms with Crippen LogP contribution in [0.3, 0.4) is 0 Å². The molecule has 1 atom stereocenters. The molecule has 1 aromatic carbocycles. The minimum absolute atomic E-state index is 0. The normalized spacial score (nSPS) is 12.0. The number of ether oxygens (including phenoxy) is 1. The summed E-state index contributed by atoms with van der Waals surface area (Å²) < 4.78 is 4.60. The molecule has 1 aromatic rings. The number of hydrogen-bond donors (Lipinski definition) is 2. The molecule has 1 amide bonds. The predicted octanol–water partition coefficient (Wildman–Crippen LogP) is 2.53. The molecule has 3 N–H and O–H groups in total. The van der Waals surface area contributed by atoms with Gasteiger partial charge in [0, 0.05) is 12.1 Å². The number of benzene rings is 1. The summed E-state index contributed by atoms with van der Waals surface area (Å²) in [5.41, 5.74) is 7.33. The molecule has 0 saturated heterocycles. The molecule has 0 radical (unpaired) electrons. The molecule has 6 heteroatoms. The van der Waals surface area contributed by atoms with Gasteiger partial charge in [0.2, 0.25) is 5.91 Å². The van der Waals surface area contributed by atoms with Gasteiger partial charge >= 0.3 is 5.97 Å². The van der Waals surface area contributed by atoms with Gasteiger partial charge in [0.05, 0.1) is 13.2 Å². The summed E-state index contributed by atoms with van der Waals surface area (Å²) in [5, 5.41) is 2.80. The first-order valence-electron chi connectivity index (χ1n) is 6.96. The molecule has 0 fully saturated rings. The fraction of sp³-hybridized carbons (Fsp3) is 0.500. The smallest absolute Gasteiger partial charge is 0.305 e. The molecule has 0 aromatic heterocycles. The highest BCUT2D eigenvalue weighted by Crippen LogP contribution is 2.19. The number of esters is 1. The Hall–Kier alpha value is -1.59. The predicted molar refractivity (Wildman–Crippen MR) is 90.1 cm³/mol. The number of methoxy groups -OCH3 is 1.